The monoisotopic (exact) mass is 533 g/mol. The molecule has 1 spiro atoms. The van der Waals surface area contributed by atoms with E-state index in [-0.39, 0.29) is 22.0 Å². The van der Waals surface area contributed by atoms with E-state index in [4.69, 9.17) is 4.98 Å². The van der Waals surface area contributed by atoms with Crippen LogP contribution in [0.4, 0.5) is 10.3 Å². The topological polar surface area (TPSA) is 62.5 Å². The third-order valence-electron chi connectivity index (χ3n) is 7.00. The van der Waals surface area contributed by atoms with E-state index < -0.39 is 11.0 Å². The van der Waals surface area contributed by atoms with Crippen molar-refractivity contribution in [1.82, 2.24) is 19.1 Å². The summed E-state index contributed by atoms with van der Waals surface area (Å²) in [6.07, 6.45) is 6.26. The van der Waals surface area contributed by atoms with Gasteiger partial charge in [0.25, 0.3) is 0 Å². The summed E-state index contributed by atoms with van der Waals surface area (Å²) in [5.41, 5.74) is 3.89. The van der Waals surface area contributed by atoms with E-state index in [0.29, 0.717) is 6.54 Å². The molecular formula is C24H29BrFN5OS. The summed E-state index contributed by atoms with van der Waals surface area (Å²) in [5, 5.41) is 0. The second kappa shape index (κ2) is 8.13. The lowest BCUT2D eigenvalue weighted by Crippen LogP contribution is -2.60. The zero-order valence-electron chi connectivity index (χ0n) is 19.4. The van der Waals surface area contributed by atoms with Crippen LogP contribution in [-0.4, -0.2) is 42.5 Å². The molecule has 176 valence electrons. The highest BCUT2D eigenvalue weighted by Gasteiger charge is 2.48. The number of aryl methyl sites for hydroxylation is 1. The summed E-state index contributed by atoms with van der Waals surface area (Å²) in [6.45, 7) is 9.41. The van der Waals surface area contributed by atoms with Crippen LogP contribution in [-0.2, 0) is 23.8 Å². The second-order valence-corrected chi connectivity index (χ2v) is 13.1. The molecule has 3 heterocycles. The van der Waals surface area contributed by atoms with Crippen molar-refractivity contribution in [3.05, 3.63) is 57.7 Å². The van der Waals surface area contributed by atoms with Gasteiger partial charge in [-0.1, -0.05) is 6.07 Å². The average Bonchev–Trinajstić information content (AvgIpc) is 3.37. The van der Waals surface area contributed by atoms with Crippen LogP contribution in [0.15, 0.2) is 35.1 Å². The highest BCUT2D eigenvalue weighted by Crippen LogP contribution is 2.46. The molecule has 2 aliphatic rings. The van der Waals surface area contributed by atoms with Gasteiger partial charge in [0.2, 0.25) is 5.95 Å². The number of anilines is 1. The van der Waals surface area contributed by atoms with Gasteiger partial charge in [0, 0.05) is 31.5 Å². The molecule has 0 saturated carbocycles. The Bertz CT molecular complexity index is 1260. The highest BCUT2D eigenvalue weighted by molar-refractivity contribution is 9.10. The van der Waals surface area contributed by atoms with Crippen molar-refractivity contribution < 1.29 is 8.60 Å². The van der Waals surface area contributed by atoms with Crippen molar-refractivity contribution >= 4 is 38.5 Å². The number of nitrogens with one attached hydrogen (secondary N) is 1. The molecule has 0 amide bonds. The minimum absolute atomic E-state index is 0.0360. The summed E-state index contributed by atoms with van der Waals surface area (Å²) in [5.74, 6) is 0.649. The van der Waals surface area contributed by atoms with Gasteiger partial charge in [-0.3, -0.25) is 4.40 Å². The maximum atomic E-state index is 14.0. The van der Waals surface area contributed by atoms with E-state index in [1.165, 1.54) is 5.56 Å². The van der Waals surface area contributed by atoms with Gasteiger partial charge in [0.1, 0.15) is 5.82 Å². The molecule has 1 N–H and O–H groups in total. The van der Waals surface area contributed by atoms with Crippen molar-refractivity contribution in [2.45, 2.75) is 57.7 Å². The largest absolute Gasteiger partial charge is 0.340 e. The quantitative estimate of drug-likeness (QED) is 0.543. The molecule has 33 heavy (non-hydrogen) atoms. The van der Waals surface area contributed by atoms with E-state index >= 15 is 0 Å². The van der Waals surface area contributed by atoms with E-state index in [1.54, 1.807) is 18.3 Å². The number of imidazole rings is 1. The molecule has 0 bridgehead atoms. The predicted molar refractivity (Wildman–Crippen MR) is 133 cm³/mol. The first kappa shape index (κ1) is 22.9. The van der Waals surface area contributed by atoms with Crippen molar-refractivity contribution in [2.24, 2.45) is 5.41 Å². The number of hydrogen-bond acceptors (Lipinski definition) is 4. The van der Waals surface area contributed by atoms with Crippen LogP contribution in [0.5, 0.6) is 0 Å². The fraction of sp³-hybridized carbons (Fsp3) is 0.500. The summed E-state index contributed by atoms with van der Waals surface area (Å²) < 4.78 is 33.2. The number of benzene rings is 1. The first-order valence-corrected chi connectivity index (χ1v) is 13.2. The summed E-state index contributed by atoms with van der Waals surface area (Å²) in [4.78, 5) is 11.6. The summed E-state index contributed by atoms with van der Waals surface area (Å²) >= 11 is 3.61. The van der Waals surface area contributed by atoms with Gasteiger partial charge in [-0.15, -0.1) is 0 Å². The lowest BCUT2D eigenvalue weighted by Gasteiger charge is -2.47. The Labute approximate surface area is 204 Å². The summed E-state index contributed by atoms with van der Waals surface area (Å²) in [7, 11) is -1.22. The van der Waals surface area contributed by atoms with Crippen LogP contribution in [0.2, 0.25) is 0 Å². The van der Waals surface area contributed by atoms with Crippen LogP contribution in [0.3, 0.4) is 0 Å². The molecule has 1 aromatic carbocycles. The minimum Gasteiger partial charge on any atom is -0.340 e. The number of fused-ring (bicyclic) bond motifs is 2. The SMILES string of the molecule is Cc1nc(N2CCC3(Cc4ccc(F)cc4C3)C(N[S@](=O)C(C)(C)C)C2)n2ccnc2c1Br. The first-order valence-electron chi connectivity index (χ1n) is 11.3. The zero-order valence-corrected chi connectivity index (χ0v) is 21.8. The number of piperidine rings is 1. The third kappa shape index (κ3) is 4.02. The van der Waals surface area contributed by atoms with E-state index in [2.05, 4.69) is 30.5 Å². The Kier molecular flexibility index (Phi) is 5.65. The minimum atomic E-state index is -1.22. The molecule has 2 aromatic heterocycles. The smallest absolute Gasteiger partial charge is 0.211 e. The van der Waals surface area contributed by atoms with Gasteiger partial charge in [-0.25, -0.2) is 23.3 Å². The van der Waals surface area contributed by atoms with Crippen LogP contribution in [0.25, 0.3) is 5.65 Å². The number of nitrogens with zero attached hydrogens (tertiary/aromatic N) is 4. The van der Waals surface area contributed by atoms with E-state index in [1.807, 2.05) is 44.4 Å². The van der Waals surface area contributed by atoms with Gasteiger partial charge >= 0.3 is 0 Å². The molecule has 1 fully saturated rings. The normalized spacial score (nSPS) is 23.9. The molecule has 3 atom stereocenters. The van der Waals surface area contributed by atoms with Crippen LogP contribution < -0.4 is 9.62 Å². The van der Waals surface area contributed by atoms with Gasteiger partial charge in [0.05, 0.1) is 25.9 Å². The average molecular weight is 534 g/mol. The molecule has 6 nitrogen and oxygen atoms in total. The molecule has 3 aromatic rings. The maximum Gasteiger partial charge on any atom is 0.211 e. The standard InChI is InChI=1S/C24H29BrFN5OS/c1-15-20(25)21-27-8-10-31(21)22(28-15)30-9-7-24(19(14-30)29-33(32)23(2,3)4)12-16-5-6-18(26)11-17(16)13-24/h5-6,8,10-11,19,29H,7,9,12-14H2,1-4H3/t19?,24?,33-/m1/s1. The lowest BCUT2D eigenvalue weighted by atomic mass is 9.72. The van der Waals surface area contributed by atoms with Gasteiger partial charge in [-0.2, -0.15) is 0 Å². The molecule has 1 aliphatic carbocycles. The molecular weight excluding hydrogens is 505 g/mol. The predicted octanol–water partition coefficient (Wildman–Crippen LogP) is 4.36. The number of rotatable bonds is 3. The zero-order chi connectivity index (χ0) is 23.5. The van der Waals surface area contributed by atoms with Crippen molar-refractivity contribution in [2.75, 3.05) is 18.0 Å². The Balaban J connectivity index is 1.51. The Morgan fingerprint density at radius 2 is 2.03 bits per heavy atom. The van der Waals surface area contributed by atoms with E-state index in [9.17, 15) is 8.60 Å². The number of hydrogen-bond donors (Lipinski definition) is 1. The van der Waals surface area contributed by atoms with Crippen LogP contribution >= 0.6 is 15.9 Å². The van der Waals surface area contributed by atoms with Crippen molar-refractivity contribution in [1.29, 1.82) is 0 Å². The van der Waals surface area contributed by atoms with Crippen LogP contribution in [0.1, 0.15) is 44.0 Å². The highest BCUT2D eigenvalue weighted by atomic mass is 79.9. The second-order valence-electron chi connectivity index (χ2n) is 10.3. The Morgan fingerprint density at radius 3 is 2.79 bits per heavy atom. The Morgan fingerprint density at radius 1 is 1.27 bits per heavy atom. The first-order chi connectivity index (χ1) is 15.6. The Hall–Kier alpha value is -1.84. The molecule has 1 saturated heterocycles. The number of halogens is 2. The van der Waals surface area contributed by atoms with Gasteiger partial charge in [0.15, 0.2) is 5.65 Å². The summed E-state index contributed by atoms with van der Waals surface area (Å²) in [6, 6.07) is 5.10. The molecule has 2 unspecified atom stereocenters. The fourth-order valence-corrected chi connectivity index (χ4v) is 6.45. The van der Waals surface area contributed by atoms with Gasteiger partial charge in [-0.05, 0) is 91.6 Å². The molecule has 1 aliphatic heterocycles. The van der Waals surface area contributed by atoms with E-state index in [0.717, 1.165) is 53.1 Å². The van der Waals surface area contributed by atoms with Crippen LogP contribution in [0, 0.1) is 18.2 Å². The fourth-order valence-electron chi connectivity index (χ4n) is 5.13. The lowest BCUT2D eigenvalue weighted by molar-refractivity contribution is 0.181. The molecule has 9 heteroatoms. The number of aromatic nitrogens is 3. The molecule has 5 rings (SSSR count). The van der Waals surface area contributed by atoms with Gasteiger partial charge < -0.3 is 4.90 Å². The maximum absolute atomic E-state index is 14.0. The van der Waals surface area contributed by atoms with Crippen molar-refractivity contribution in [3.8, 4) is 0 Å². The molecule has 0 radical (unpaired) electrons. The van der Waals surface area contributed by atoms with Crippen molar-refractivity contribution in [3.63, 3.8) is 0 Å². The third-order valence-corrected chi connectivity index (χ3v) is 9.54.